The Morgan fingerprint density at radius 2 is 2.12 bits per heavy atom. The Morgan fingerprint density at radius 3 is 2.76 bits per heavy atom. The van der Waals surface area contributed by atoms with Crippen LogP contribution >= 0.6 is 0 Å². The number of aliphatic hydroxyl groups excluding tert-OH is 1. The van der Waals surface area contributed by atoms with Crippen LogP contribution in [0.1, 0.15) is 23.2 Å². The zero-order chi connectivity index (χ0) is 12.3. The first-order chi connectivity index (χ1) is 8.20. The van der Waals surface area contributed by atoms with E-state index in [0.29, 0.717) is 18.0 Å². The van der Waals surface area contributed by atoms with Crippen molar-refractivity contribution < 1.29 is 9.90 Å². The first-order valence-electron chi connectivity index (χ1n) is 5.93. The molecule has 17 heavy (non-hydrogen) atoms. The summed E-state index contributed by atoms with van der Waals surface area (Å²) < 4.78 is 0. The maximum absolute atomic E-state index is 11.9. The van der Waals surface area contributed by atoms with Gasteiger partial charge in [-0.1, -0.05) is 12.1 Å². The molecule has 2 rings (SSSR count). The van der Waals surface area contributed by atoms with E-state index in [9.17, 15) is 4.79 Å². The molecule has 0 aromatic heterocycles. The van der Waals surface area contributed by atoms with Crippen LogP contribution < -0.4 is 10.6 Å². The van der Waals surface area contributed by atoms with Gasteiger partial charge in [0.25, 0.3) is 5.91 Å². The van der Waals surface area contributed by atoms with Crippen LogP contribution in [0.5, 0.6) is 0 Å². The van der Waals surface area contributed by atoms with Gasteiger partial charge in [-0.25, -0.2) is 0 Å². The van der Waals surface area contributed by atoms with E-state index >= 15 is 0 Å². The Bertz CT molecular complexity index is 400. The molecule has 1 saturated carbocycles. The minimum absolute atomic E-state index is 0.0589. The van der Waals surface area contributed by atoms with E-state index < -0.39 is 0 Å². The molecule has 1 aromatic rings. The van der Waals surface area contributed by atoms with Crippen LogP contribution in [0.25, 0.3) is 0 Å². The zero-order valence-electron chi connectivity index (χ0n) is 9.94. The van der Waals surface area contributed by atoms with E-state index in [1.54, 1.807) is 13.1 Å². The second-order valence-electron chi connectivity index (χ2n) is 4.50. The number of rotatable bonds is 4. The number of anilines is 1. The van der Waals surface area contributed by atoms with E-state index in [2.05, 4.69) is 10.6 Å². The molecule has 0 atom stereocenters. The summed E-state index contributed by atoms with van der Waals surface area (Å²) in [6, 6.07) is 7.42. The van der Waals surface area contributed by atoms with Gasteiger partial charge in [0, 0.05) is 19.3 Å². The minimum Gasteiger partial charge on any atom is -0.393 e. The van der Waals surface area contributed by atoms with Gasteiger partial charge in [0.05, 0.1) is 11.7 Å². The molecular weight excluding hydrogens is 216 g/mol. The maximum atomic E-state index is 11.9. The van der Waals surface area contributed by atoms with E-state index in [-0.39, 0.29) is 12.0 Å². The predicted octanol–water partition coefficient (Wildman–Crippen LogP) is 1.23. The van der Waals surface area contributed by atoms with E-state index in [1.807, 2.05) is 18.2 Å². The van der Waals surface area contributed by atoms with Crippen molar-refractivity contribution in [2.75, 3.05) is 18.9 Å². The van der Waals surface area contributed by atoms with Gasteiger partial charge in [0.15, 0.2) is 0 Å². The molecule has 0 heterocycles. The number of aliphatic hydroxyl groups is 1. The van der Waals surface area contributed by atoms with Crippen LogP contribution in [-0.4, -0.2) is 30.7 Å². The highest BCUT2D eigenvalue weighted by molar-refractivity contribution is 5.99. The molecule has 0 radical (unpaired) electrons. The van der Waals surface area contributed by atoms with Crippen molar-refractivity contribution in [2.24, 2.45) is 5.92 Å². The number of carbonyl (C=O) groups is 1. The number of nitrogens with one attached hydrogen (secondary N) is 2. The molecule has 4 heteroatoms. The molecule has 1 aromatic carbocycles. The summed E-state index contributed by atoms with van der Waals surface area (Å²) >= 11 is 0. The number of hydrogen-bond donors (Lipinski definition) is 3. The molecule has 1 amide bonds. The Morgan fingerprint density at radius 1 is 1.41 bits per heavy atom. The zero-order valence-corrected chi connectivity index (χ0v) is 9.94. The summed E-state index contributed by atoms with van der Waals surface area (Å²) in [5.74, 6) is 0.368. The molecule has 0 aliphatic heterocycles. The molecule has 1 fully saturated rings. The third-order valence-corrected chi connectivity index (χ3v) is 3.20. The van der Waals surface area contributed by atoms with Gasteiger partial charge in [-0.3, -0.25) is 4.79 Å². The first-order valence-corrected chi connectivity index (χ1v) is 5.93. The summed E-state index contributed by atoms with van der Waals surface area (Å²) in [6.07, 6.45) is 1.43. The van der Waals surface area contributed by atoms with Crippen molar-refractivity contribution >= 4 is 11.6 Å². The Kier molecular flexibility index (Phi) is 3.64. The lowest BCUT2D eigenvalue weighted by molar-refractivity contribution is 0.0420. The van der Waals surface area contributed by atoms with Crippen molar-refractivity contribution in [2.45, 2.75) is 18.9 Å². The van der Waals surface area contributed by atoms with Crippen molar-refractivity contribution in [3.05, 3.63) is 29.8 Å². The molecule has 0 bridgehead atoms. The molecule has 1 aliphatic rings. The van der Waals surface area contributed by atoms with Crippen molar-refractivity contribution in [3.8, 4) is 0 Å². The van der Waals surface area contributed by atoms with Crippen molar-refractivity contribution in [1.82, 2.24) is 5.32 Å². The second-order valence-corrected chi connectivity index (χ2v) is 4.50. The number of para-hydroxylation sites is 1. The summed E-state index contributed by atoms with van der Waals surface area (Å²) in [7, 11) is 1.80. The van der Waals surface area contributed by atoms with Gasteiger partial charge in [0.2, 0.25) is 0 Å². The largest absolute Gasteiger partial charge is 0.393 e. The monoisotopic (exact) mass is 234 g/mol. The summed E-state index contributed by atoms with van der Waals surface area (Å²) in [6.45, 7) is 0.647. The van der Waals surface area contributed by atoms with Gasteiger partial charge in [0.1, 0.15) is 0 Å². The lowest BCUT2D eigenvalue weighted by Gasteiger charge is -2.31. The quantitative estimate of drug-likeness (QED) is 0.734. The fourth-order valence-corrected chi connectivity index (χ4v) is 2.10. The summed E-state index contributed by atoms with van der Waals surface area (Å²) in [5.41, 5.74) is 1.49. The minimum atomic E-state index is -0.165. The fourth-order valence-electron chi connectivity index (χ4n) is 2.10. The third kappa shape index (κ3) is 2.77. The highest BCUT2D eigenvalue weighted by Gasteiger charge is 2.27. The topological polar surface area (TPSA) is 61.4 Å². The van der Waals surface area contributed by atoms with Crippen molar-refractivity contribution in [1.29, 1.82) is 0 Å². The molecule has 92 valence electrons. The number of benzene rings is 1. The van der Waals surface area contributed by atoms with Crippen LogP contribution in [0.2, 0.25) is 0 Å². The molecule has 1 aliphatic carbocycles. The third-order valence-electron chi connectivity index (χ3n) is 3.20. The summed E-state index contributed by atoms with van der Waals surface area (Å²) in [4.78, 5) is 11.9. The van der Waals surface area contributed by atoms with Gasteiger partial charge >= 0.3 is 0 Å². The standard InChI is InChI=1S/C13H18N2O2/c1-14-12-5-3-2-4-11(12)13(17)15-8-9-6-10(16)7-9/h2-5,9-10,14,16H,6-8H2,1H3,(H,15,17). The molecule has 3 N–H and O–H groups in total. The van der Waals surface area contributed by atoms with Crippen LogP contribution in [0.15, 0.2) is 24.3 Å². The van der Waals surface area contributed by atoms with Crippen LogP contribution in [0.4, 0.5) is 5.69 Å². The van der Waals surface area contributed by atoms with Crippen LogP contribution in [0, 0.1) is 5.92 Å². The van der Waals surface area contributed by atoms with Gasteiger partial charge in [-0.05, 0) is 30.9 Å². The highest BCUT2D eigenvalue weighted by Crippen LogP contribution is 2.26. The summed E-state index contributed by atoms with van der Waals surface area (Å²) in [5, 5.41) is 15.1. The van der Waals surface area contributed by atoms with E-state index in [1.165, 1.54) is 0 Å². The molecule has 4 nitrogen and oxygen atoms in total. The molecule has 0 saturated heterocycles. The van der Waals surface area contributed by atoms with E-state index in [4.69, 9.17) is 5.11 Å². The van der Waals surface area contributed by atoms with E-state index in [0.717, 1.165) is 18.5 Å². The Balaban J connectivity index is 1.90. The molecule has 0 unspecified atom stereocenters. The van der Waals surface area contributed by atoms with Gasteiger partial charge < -0.3 is 15.7 Å². The first kappa shape index (κ1) is 11.9. The molecule has 0 spiro atoms. The number of amides is 1. The Hall–Kier alpha value is -1.55. The second kappa shape index (κ2) is 5.19. The van der Waals surface area contributed by atoms with Gasteiger partial charge in [-0.2, -0.15) is 0 Å². The predicted molar refractivity (Wildman–Crippen MR) is 67.1 cm³/mol. The average molecular weight is 234 g/mol. The van der Waals surface area contributed by atoms with Crippen molar-refractivity contribution in [3.63, 3.8) is 0 Å². The lowest BCUT2D eigenvalue weighted by Crippen LogP contribution is -2.38. The maximum Gasteiger partial charge on any atom is 0.253 e. The normalized spacial score (nSPS) is 22.7. The average Bonchev–Trinajstić information content (AvgIpc) is 2.32. The fraction of sp³-hybridized carbons (Fsp3) is 0.462. The molecular formula is C13H18N2O2. The lowest BCUT2D eigenvalue weighted by atomic mass is 9.82. The SMILES string of the molecule is CNc1ccccc1C(=O)NCC1CC(O)C1. The number of carbonyl (C=O) groups excluding carboxylic acids is 1. The smallest absolute Gasteiger partial charge is 0.253 e. The van der Waals surface area contributed by atoms with Crippen LogP contribution in [-0.2, 0) is 0 Å². The van der Waals surface area contributed by atoms with Crippen LogP contribution in [0.3, 0.4) is 0 Å². The Labute approximate surface area is 101 Å². The number of hydrogen-bond acceptors (Lipinski definition) is 3. The van der Waals surface area contributed by atoms with Gasteiger partial charge in [-0.15, -0.1) is 0 Å². The highest BCUT2D eigenvalue weighted by atomic mass is 16.3.